The number of rotatable bonds is 3. The second-order valence-corrected chi connectivity index (χ2v) is 3.06. The first-order valence-electron chi connectivity index (χ1n) is 4.71. The zero-order chi connectivity index (χ0) is 11.3. The molecule has 3 heteroatoms. The van der Waals surface area contributed by atoms with Crippen molar-refractivity contribution in [3.05, 3.63) is 41.7 Å². The fourth-order valence-corrected chi connectivity index (χ4v) is 1.28. The molecule has 0 unspecified atom stereocenters. The molecule has 0 aromatic heterocycles. The van der Waals surface area contributed by atoms with E-state index in [-0.39, 0.29) is 5.82 Å². The quantitative estimate of drug-likeness (QED) is 0.564. The average Bonchev–Trinajstić information content (AvgIpc) is 2.25. The van der Waals surface area contributed by atoms with Crippen molar-refractivity contribution in [1.29, 1.82) is 0 Å². The molecule has 0 spiro atoms. The molecule has 1 aromatic rings. The number of allylic oxidation sites excluding steroid dienone is 1. The number of methoxy groups -OCH3 is 1. The van der Waals surface area contributed by atoms with Crippen molar-refractivity contribution in [2.24, 2.45) is 0 Å². The Morgan fingerprint density at radius 2 is 2.27 bits per heavy atom. The Balaban J connectivity index is 3.02. The molecule has 1 rings (SSSR count). The lowest BCUT2D eigenvalue weighted by molar-refractivity contribution is -0.134. The Hall–Kier alpha value is -1.64. The van der Waals surface area contributed by atoms with Gasteiger partial charge in [0.2, 0.25) is 0 Å². The standard InChI is InChI=1S/C12H13FO2/c1-3-9(8-12(14)15-2)10-5-4-6-11(13)7-10/h4-8H,3H2,1-2H3/b9-8-. The number of carbonyl (C=O) groups is 1. The maximum atomic E-state index is 12.9. The number of hydrogen-bond acceptors (Lipinski definition) is 2. The highest BCUT2D eigenvalue weighted by Gasteiger charge is 2.03. The maximum Gasteiger partial charge on any atom is 0.330 e. The lowest BCUT2D eigenvalue weighted by Crippen LogP contribution is -1.97. The second-order valence-electron chi connectivity index (χ2n) is 3.06. The summed E-state index contributed by atoms with van der Waals surface area (Å²) in [6.45, 7) is 1.90. The summed E-state index contributed by atoms with van der Waals surface area (Å²) in [7, 11) is 1.32. The van der Waals surface area contributed by atoms with Gasteiger partial charge in [0.25, 0.3) is 0 Å². The van der Waals surface area contributed by atoms with Gasteiger partial charge in [-0.25, -0.2) is 9.18 Å². The summed E-state index contributed by atoms with van der Waals surface area (Å²) in [5.41, 5.74) is 1.48. The predicted molar refractivity (Wildman–Crippen MR) is 56.7 cm³/mol. The van der Waals surface area contributed by atoms with Crippen LogP contribution in [0.2, 0.25) is 0 Å². The lowest BCUT2D eigenvalue weighted by atomic mass is 10.0. The van der Waals surface area contributed by atoms with E-state index in [9.17, 15) is 9.18 Å². The number of hydrogen-bond donors (Lipinski definition) is 0. The van der Waals surface area contributed by atoms with Gasteiger partial charge in [-0.2, -0.15) is 0 Å². The van der Waals surface area contributed by atoms with Gasteiger partial charge in [0.15, 0.2) is 0 Å². The molecule has 1 aromatic carbocycles. The van der Waals surface area contributed by atoms with E-state index in [1.807, 2.05) is 6.92 Å². The minimum atomic E-state index is -0.420. The van der Waals surface area contributed by atoms with E-state index < -0.39 is 5.97 Å². The van der Waals surface area contributed by atoms with Crippen LogP contribution < -0.4 is 0 Å². The van der Waals surface area contributed by atoms with Crippen LogP contribution in [0.3, 0.4) is 0 Å². The molecule has 0 fully saturated rings. The van der Waals surface area contributed by atoms with Crippen LogP contribution in [0.4, 0.5) is 4.39 Å². The summed E-state index contributed by atoms with van der Waals surface area (Å²) in [4.78, 5) is 11.0. The van der Waals surface area contributed by atoms with E-state index in [4.69, 9.17) is 0 Å². The van der Waals surface area contributed by atoms with Gasteiger partial charge in [0.05, 0.1) is 7.11 Å². The molecule has 0 aliphatic heterocycles. The Labute approximate surface area is 88.4 Å². The van der Waals surface area contributed by atoms with Gasteiger partial charge in [0, 0.05) is 6.08 Å². The summed E-state index contributed by atoms with van der Waals surface area (Å²) in [5, 5.41) is 0. The number of carbonyl (C=O) groups excluding carboxylic acids is 1. The molecule has 0 N–H and O–H groups in total. The van der Waals surface area contributed by atoms with Crippen molar-refractivity contribution in [3.63, 3.8) is 0 Å². The van der Waals surface area contributed by atoms with E-state index in [1.54, 1.807) is 12.1 Å². The summed E-state index contributed by atoms with van der Waals surface area (Å²) < 4.78 is 17.5. The summed E-state index contributed by atoms with van der Waals surface area (Å²) in [6, 6.07) is 6.15. The topological polar surface area (TPSA) is 26.3 Å². The zero-order valence-corrected chi connectivity index (χ0v) is 8.79. The summed E-state index contributed by atoms with van der Waals surface area (Å²) >= 11 is 0. The first kappa shape index (κ1) is 11.4. The normalized spacial score (nSPS) is 11.3. The highest BCUT2D eigenvalue weighted by Crippen LogP contribution is 2.18. The fraction of sp³-hybridized carbons (Fsp3) is 0.250. The van der Waals surface area contributed by atoms with Crippen molar-refractivity contribution in [3.8, 4) is 0 Å². The van der Waals surface area contributed by atoms with Gasteiger partial charge < -0.3 is 4.74 Å². The third-order valence-corrected chi connectivity index (χ3v) is 2.07. The van der Waals surface area contributed by atoms with E-state index in [0.717, 1.165) is 5.57 Å². The van der Waals surface area contributed by atoms with Crippen LogP contribution in [0.5, 0.6) is 0 Å². The van der Waals surface area contributed by atoms with Crippen LogP contribution in [-0.2, 0) is 9.53 Å². The smallest absolute Gasteiger partial charge is 0.330 e. The van der Waals surface area contributed by atoms with Crippen molar-refractivity contribution in [1.82, 2.24) is 0 Å². The fourth-order valence-electron chi connectivity index (χ4n) is 1.28. The molecule has 0 amide bonds. The predicted octanol–water partition coefficient (Wildman–Crippen LogP) is 2.79. The third-order valence-electron chi connectivity index (χ3n) is 2.07. The van der Waals surface area contributed by atoms with E-state index >= 15 is 0 Å². The third kappa shape index (κ3) is 3.20. The monoisotopic (exact) mass is 208 g/mol. The Bertz CT molecular complexity index is 383. The number of halogens is 1. The molecule has 0 heterocycles. The first-order valence-corrected chi connectivity index (χ1v) is 4.71. The SMILES string of the molecule is CC/C(=C/C(=O)OC)c1cccc(F)c1. The van der Waals surface area contributed by atoms with Crippen LogP contribution in [0, 0.1) is 5.82 Å². The van der Waals surface area contributed by atoms with E-state index in [0.29, 0.717) is 12.0 Å². The van der Waals surface area contributed by atoms with Crippen LogP contribution in [0.1, 0.15) is 18.9 Å². The average molecular weight is 208 g/mol. The van der Waals surface area contributed by atoms with E-state index in [1.165, 1.54) is 25.3 Å². The number of ether oxygens (including phenoxy) is 1. The molecular formula is C12H13FO2. The second kappa shape index (κ2) is 5.29. The molecule has 2 nitrogen and oxygen atoms in total. The summed E-state index contributed by atoms with van der Waals surface area (Å²) in [6.07, 6.45) is 2.04. The largest absolute Gasteiger partial charge is 0.466 e. The Kier molecular flexibility index (Phi) is 4.03. The minimum Gasteiger partial charge on any atom is -0.466 e. The van der Waals surface area contributed by atoms with Crippen LogP contribution in [0.25, 0.3) is 5.57 Å². The van der Waals surface area contributed by atoms with Crippen molar-refractivity contribution in [2.75, 3.05) is 7.11 Å². The molecular weight excluding hydrogens is 195 g/mol. The zero-order valence-electron chi connectivity index (χ0n) is 8.79. The highest BCUT2D eigenvalue weighted by atomic mass is 19.1. The van der Waals surface area contributed by atoms with Crippen molar-refractivity contribution < 1.29 is 13.9 Å². The molecule has 0 saturated carbocycles. The maximum absolute atomic E-state index is 12.9. The molecule has 15 heavy (non-hydrogen) atoms. The number of esters is 1. The van der Waals surface area contributed by atoms with Crippen molar-refractivity contribution >= 4 is 11.5 Å². The van der Waals surface area contributed by atoms with Gasteiger partial charge in [-0.15, -0.1) is 0 Å². The molecule has 0 bridgehead atoms. The number of benzene rings is 1. The van der Waals surface area contributed by atoms with Crippen LogP contribution in [-0.4, -0.2) is 13.1 Å². The molecule has 0 aliphatic carbocycles. The Morgan fingerprint density at radius 1 is 1.53 bits per heavy atom. The van der Waals surface area contributed by atoms with Crippen LogP contribution in [0.15, 0.2) is 30.3 Å². The highest BCUT2D eigenvalue weighted by molar-refractivity contribution is 5.91. The minimum absolute atomic E-state index is 0.309. The van der Waals surface area contributed by atoms with Gasteiger partial charge >= 0.3 is 5.97 Å². The molecule has 0 saturated heterocycles. The summed E-state index contributed by atoms with van der Waals surface area (Å²) in [5.74, 6) is -0.729. The van der Waals surface area contributed by atoms with E-state index in [2.05, 4.69) is 4.74 Å². The molecule has 0 radical (unpaired) electrons. The van der Waals surface area contributed by atoms with Gasteiger partial charge in [-0.05, 0) is 29.7 Å². The first-order chi connectivity index (χ1) is 7.17. The molecule has 80 valence electrons. The van der Waals surface area contributed by atoms with Crippen molar-refractivity contribution in [2.45, 2.75) is 13.3 Å². The lowest BCUT2D eigenvalue weighted by Gasteiger charge is -2.04. The van der Waals surface area contributed by atoms with Crippen LogP contribution >= 0.6 is 0 Å². The molecule has 0 aliphatic rings. The Morgan fingerprint density at radius 3 is 2.80 bits per heavy atom. The van der Waals surface area contributed by atoms with Gasteiger partial charge in [0.1, 0.15) is 5.82 Å². The van der Waals surface area contributed by atoms with Gasteiger partial charge in [-0.1, -0.05) is 19.1 Å². The molecule has 0 atom stereocenters. The van der Waals surface area contributed by atoms with Gasteiger partial charge in [-0.3, -0.25) is 0 Å².